The van der Waals surface area contributed by atoms with Crippen molar-refractivity contribution in [3.8, 4) is 0 Å². The summed E-state index contributed by atoms with van der Waals surface area (Å²) in [5.74, 6) is -2.40. The van der Waals surface area contributed by atoms with Crippen LogP contribution in [-0.4, -0.2) is 30.8 Å². The number of carbonyl (C=O) groups excluding carboxylic acids is 3. The average Bonchev–Trinajstić information content (AvgIpc) is 3.15. The second-order valence-corrected chi connectivity index (χ2v) is 7.08. The van der Waals surface area contributed by atoms with Gasteiger partial charge in [-0.05, 0) is 42.7 Å². The van der Waals surface area contributed by atoms with Gasteiger partial charge in [0.1, 0.15) is 11.6 Å². The molecule has 0 spiro atoms. The van der Waals surface area contributed by atoms with Crippen LogP contribution in [0, 0.1) is 11.6 Å². The van der Waals surface area contributed by atoms with Gasteiger partial charge in [0.05, 0.1) is 5.56 Å². The molecule has 1 saturated heterocycles. The van der Waals surface area contributed by atoms with Gasteiger partial charge in [-0.1, -0.05) is 12.1 Å². The molecule has 0 unspecified atom stereocenters. The lowest BCUT2D eigenvalue weighted by molar-refractivity contribution is -0.121. The van der Waals surface area contributed by atoms with Crippen molar-refractivity contribution in [2.24, 2.45) is 0 Å². The fourth-order valence-electron chi connectivity index (χ4n) is 3.26. The predicted molar refractivity (Wildman–Crippen MR) is 108 cm³/mol. The third kappa shape index (κ3) is 5.62. The van der Waals surface area contributed by atoms with Crippen LogP contribution in [0.2, 0.25) is 0 Å². The molecule has 0 aliphatic carbocycles. The molecule has 0 atom stereocenters. The van der Waals surface area contributed by atoms with E-state index in [0.717, 1.165) is 29.8 Å². The minimum atomic E-state index is -0.928. The molecule has 158 valence electrons. The van der Waals surface area contributed by atoms with Crippen molar-refractivity contribution in [3.63, 3.8) is 0 Å². The van der Waals surface area contributed by atoms with Crippen LogP contribution in [0.1, 0.15) is 41.6 Å². The first kappa shape index (κ1) is 21.4. The van der Waals surface area contributed by atoms with E-state index in [0.29, 0.717) is 32.0 Å². The maximum Gasteiger partial charge on any atom is 0.254 e. The van der Waals surface area contributed by atoms with Gasteiger partial charge in [0.25, 0.3) is 5.91 Å². The van der Waals surface area contributed by atoms with Gasteiger partial charge in [0.15, 0.2) is 0 Å². The number of nitrogens with zero attached hydrogens (tertiary/aromatic N) is 1. The molecule has 1 heterocycles. The van der Waals surface area contributed by atoms with Gasteiger partial charge in [0, 0.05) is 44.2 Å². The Morgan fingerprint density at radius 3 is 2.63 bits per heavy atom. The predicted octanol–water partition coefficient (Wildman–Crippen LogP) is 2.92. The Labute approximate surface area is 173 Å². The number of hydrogen-bond donors (Lipinski definition) is 2. The van der Waals surface area contributed by atoms with Crippen LogP contribution in [0.3, 0.4) is 0 Å². The van der Waals surface area contributed by atoms with Crippen LogP contribution in [0.4, 0.5) is 14.5 Å². The molecule has 0 saturated carbocycles. The molecule has 0 radical (unpaired) electrons. The standard InChI is InChI=1S/C22H23F2N3O3/c23-16-8-9-18(19(24)13-16)22(30)25-10-2-6-20(28)26-14-15-4-1-5-17(12-15)27-11-3-7-21(27)29/h1,4-5,8-9,12-13H,2-3,6-7,10-11,14H2,(H,25,30)(H,26,28). The average molecular weight is 415 g/mol. The van der Waals surface area contributed by atoms with E-state index in [9.17, 15) is 23.2 Å². The zero-order chi connectivity index (χ0) is 21.5. The Bertz CT molecular complexity index is 949. The number of benzene rings is 2. The van der Waals surface area contributed by atoms with Crippen molar-refractivity contribution in [1.29, 1.82) is 0 Å². The first-order valence-corrected chi connectivity index (χ1v) is 9.83. The first-order valence-electron chi connectivity index (χ1n) is 9.83. The fourth-order valence-corrected chi connectivity index (χ4v) is 3.26. The lowest BCUT2D eigenvalue weighted by Crippen LogP contribution is -2.28. The third-order valence-electron chi connectivity index (χ3n) is 4.83. The van der Waals surface area contributed by atoms with Crippen molar-refractivity contribution < 1.29 is 23.2 Å². The lowest BCUT2D eigenvalue weighted by atomic mass is 10.1. The fraction of sp³-hybridized carbons (Fsp3) is 0.318. The van der Waals surface area contributed by atoms with Crippen molar-refractivity contribution in [3.05, 3.63) is 65.2 Å². The summed E-state index contributed by atoms with van der Waals surface area (Å²) >= 11 is 0. The van der Waals surface area contributed by atoms with Gasteiger partial charge >= 0.3 is 0 Å². The topological polar surface area (TPSA) is 78.5 Å². The van der Waals surface area contributed by atoms with Crippen LogP contribution in [0.15, 0.2) is 42.5 Å². The minimum Gasteiger partial charge on any atom is -0.352 e. The molecule has 0 aromatic heterocycles. The summed E-state index contributed by atoms with van der Waals surface area (Å²) in [5.41, 5.74) is 1.48. The summed E-state index contributed by atoms with van der Waals surface area (Å²) in [6, 6.07) is 10.2. The highest BCUT2D eigenvalue weighted by atomic mass is 19.1. The highest BCUT2D eigenvalue weighted by molar-refractivity contribution is 5.95. The largest absolute Gasteiger partial charge is 0.352 e. The van der Waals surface area contributed by atoms with Crippen molar-refractivity contribution in [2.75, 3.05) is 18.0 Å². The van der Waals surface area contributed by atoms with E-state index in [-0.39, 0.29) is 30.3 Å². The number of amides is 3. The van der Waals surface area contributed by atoms with Gasteiger partial charge < -0.3 is 15.5 Å². The molecule has 30 heavy (non-hydrogen) atoms. The smallest absolute Gasteiger partial charge is 0.254 e. The van der Waals surface area contributed by atoms with E-state index < -0.39 is 17.5 Å². The Kier molecular flexibility index (Phi) is 7.11. The lowest BCUT2D eigenvalue weighted by Gasteiger charge is -2.16. The number of nitrogens with one attached hydrogen (secondary N) is 2. The van der Waals surface area contributed by atoms with E-state index in [2.05, 4.69) is 10.6 Å². The van der Waals surface area contributed by atoms with Gasteiger partial charge in [-0.3, -0.25) is 14.4 Å². The molecule has 3 amide bonds. The molecule has 8 heteroatoms. The van der Waals surface area contributed by atoms with E-state index >= 15 is 0 Å². The molecule has 2 aromatic rings. The molecule has 0 bridgehead atoms. The molecule has 2 N–H and O–H groups in total. The van der Waals surface area contributed by atoms with Crippen LogP contribution < -0.4 is 15.5 Å². The second-order valence-electron chi connectivity index (χ2n) is 7.08. The van der Waals surface area contributed by atoms with Gasteiger partial charge in [-0.25, -0.2) is 8.78 Å². The van der Waals surface area contributed by atoms with Crippen LogP contribution >= 0.6 is 0 Å². The van der Waals surface area contributed by atoms with Crippen LogP contribution in [0.25, 0.3) is 0 Å². The Morgan fingerprint density at radius 2 is 1.90 bits per heavy atom. The molecule has 6 nitrogen and oxygen atoms in total. The maximum absolute atomic E-state index is 13.6. The van der Waals surface area contributed by atoms with Gasteiger partial charge in [-0.15, -0.1) is 0 Å². The molecule has 3 rings (SSSR count). The van der Waals surface area contributed by atoms with Crippen LogP contribution in [-0.2, 0) is 16.1 Å². The van der Waals surface area contributed by atoms with Crippen LogP contribution in [0.5, 0.6) is 0 Å². The minimum absolute atomic E-state index is 0.110. The van der Waals surface area contributed by atoms with Crippen molar-refractivity contribution in [1.82, 2.24) is 10.6 Å². The quantitative estimate of drug-likeness (QED) is 0.651. The van der Waals surface area contributed by atoms with E-state index in [4.69, 9.17) is 0 Å². The number of anilines is 1. The molecule has 1 fully saturated rings. The summed E-state index contributed by atoms with van der Waals surface area (Å²) < 4.78 is 26.4. The normalized spacial score (nSPS) is 13.4. The first-order chi connectivity index (χ1) is 14.4. The zero-order valence-electron chi connectivity index (χ0n) is 16.4. The summed E-state index contributed by atoms with van der Waals surface area (Å²) in [6.07, 6.45) is 1.98. The number of rotatable bonds is 8. The Hall–Kier alpha value is -3.29. The number of hydrogen-bond acceptors (Lipinski definition) is 3. The highest BCUT2D eigenvalue weighted by Gasteiger charge is 2.21. The van der Waals surface area contributed by atoms with E-state index in [1.165, 1.54) is 0 Å². The van der Waals surface area contributed by atoms with E-state index in [1.807, 2.05) is 24.3 Å². The summed E-state index contributed by atoms with van der Waals surface area (Å²) in [7, 11) is 0. The summed E-state index contributed by atoms with van der Waals surface area (Å²) in [5, 5.41) is 5.32. The van der Waals surface area contributed by atoms with Gasteiger partial charge in [-0.2, -0.15) is 0 Å². The summed E-state index contributed by atoms with van der Waals surface area (Å²) in [4.78, 5) is 37.5. The van der Waals surface area contributed by atoms with Gasteiger partial charge in [0.2, 0.25) is 11.8 Å². The van der Waals surface area contributed by atoms with E-state index in [1.54, 1.807) is 4.90 Å². The van der Waals surface area contributed by atoms with Crippen molar-refractivity contribution in [2.45, 2.75) is 32.2 Å². The summed E-state index contributed by atoms with van der Waals surface area (Å²) in [6.45, 7) is 1.24. The zero-order valence-corrected chi connectivity index (χ0v) is 16.4. The Morgan fingerprint density at radius 1 is 1.07 bits per heavy atom. The molecular formula is C22H23F2N3O3. The third-order valence-corrected chi connectivity index (χ3v) is 4.83. The molecular weight excluding hydrogens is 392 g/mol. The highest BCUT2D eigenvalue weighted by Crippen LogP contribution is 2.22. The monoisotopic (exact) mass is 415 g/mol. The molecule has 1 aliphatic heterocycles. The Balaban J connectivity index is 1.39. The van der Waals surface area contributed by atoms with Crippen molar-refractivity contribution >= 4 is 23.4 Å². The number of carbonyl (C=O) groups is 3. The molecule has 1 aliphatic rings. The SMILES string of the molecule is O=C(CCCNC(=O)c1ccc(F)cc1F)NCc1cccc(N2CCCC2=O)c1. The number of halogens is 2. The molecule has 2 aromatic carbocycles. The maximum atomic E-state index is 13.6. The second kappa shape index (κ2) is 9.96.